The van der Waals surface area contributed by atoms with Crippen LogP contribution in [0.1, 0.15) is 87.2 Å². The quantitative estimate of drug-likeness (QED) is 0.146. The third kappa shape index (κ3) is 10.3. The molecule has 6 aliphatic rings. The Labute approximate surface area is 417 Å². The molecule has 4 aromatic rings. The van der Waals surface area contributed by atoms with Gasteiger partial charge >= 0.3 is 0 Å². The number of piperazine rings is 1. The standard InChI is InChI=1S/C51H63ClFN11O7/c1-30(2)64-40-6-4-33(22-32(40)23-43(50(64)69)70-29-45(66)54-3)56-47-39(52)26-55-51(58-47)62-16-12-35(13-17-62)71-36-24-34(25-36)60-20-18-59(19-21-60)27-31-10-14-61(15-11-31)41-7-5-37-38(46(41)53)28-63(49(37)68)42-8-9-44(65)57-48(42)67/h4-7,22-23,26,30-31,34-36,42H,8-21,24-25,27-29H2,1-3H3,(H,54,66)(H,55,56,58)(H,57,65,67). The SMILES string of the molecule is CNC(=O)COc1cc2cc(Nc3nc(N4CCC(OC5CC(N6CCN(CC7CCN(c8ccc9c(c8F)CN(C8CCC(=O)NC8=O)C9=O)CC7)CC6)C5)CC4)ncc3Cl)ccc2n(C(C)C)c1=O. The molecular formula is C51H63ClFN11O7. The first-order valence-corrected chi connectivity index (χ1v) is 25.6. The van der Waals surface area contributed by atoms with Gasteiger partial charge in [-0.1, -0.05) is 11.6 Å². The van der Waals surface area contributed by atoms with E-state index in [-0.39, 0.29) is 79.1 Å². The number of benzene rings is 2. The van der Waals surface area contributed by atoms with Crippen LogP contribution in [0.3, 0.4) is 0 Å². The predicted octanol–water partition coefficient (Wildman–Crippen LogP) is 4.84. The van der Waals surface area contributed by atoms with Crippen LogP contribution < -0.4 is 36.0 Å². The van der Waals surface area contributed by atoms with Crippen molar-refractivity contribution in [1.29, 1.82) is 0 Å². The number of nitrogens with zero attached hydrogens (tertiary/aromatic N) is 8. The van der Waals surface area contributed by atoms with Gasteiger partial charge in [0.15, 0.2) is 24.0 Å². The number of likely N-dealkylation sites (N-methyl/N-ethyl adjacent to an activating group) is 1. The van der Waals surface area contributed by atoms with Gasteiger partial charge in [-0.25, -0.2) is 9.37 Å². The van der Waals surface area contributed by atoms with Gasteiger partial charge in [0.2, 0.25) is 17.8 Å². The Hall–Kier alpha value is -5.89. The van der Waals surface area contributed by atoms with Crippen molar-refractivity contribution in [3.8, 4) is 5.75 Å². The molecule has 4 saturated heterocycles. The predicted molar refractivity (Wildman–Crippen MR) is 267 cm³/mol. The van der Waals surface area contributed by atoms with Crippen molar-refractivity contribution in [3.05, 3.63) is 74.9 Å². The molecule has 1 saturated carbocycles. The molecule has 1 atom stereocenters. The molecule has 0 radical (unpaired) electrons. The number of nitrogens with one attached hydrogen (secondary N) is 3. The van der Waals surface area contributed by atoms with Crippen LogP contribution in [-0.4, -0.2) is 150 Å². The Bertz CT molecular complexity index is 2750. The molecule has 1 aliphatic carbocycles. The van der Waals surface area contributed by atoms with Gasteiger partial charge in [0, 0.05) is 107 Å². The fourth-order valence-corrected chi connectivity index (χ4v) is 11.4. The number of carbonyl (C=O) groups excluding carboxylic acids is 4. The largest absolute Gasteiger partial charge is 0.478 e. The first-order valence-electron chi connectivity index (χ1n) is 25.2. The summed E-state index contributed by atoms with van der Waals surface area (Å²) in [6.07, 6.45) is 8.33. The third-order valence-electron chi connectivity index (χ3n) is 15.4. The Morgan fingerprint density at radius 3 is 2.38 bits per heavy atom. The number of aromatic nitrogens is 3. The molecule has 378 valence electrons. The Morgan fingerprint density at radius 1 is 0.915 bits per heavy atom. The van der Waals surface area contributed by atoms with Crippen molar-refractivity contribution in [3.63, 3.8) is 0 Å². The number of amides is 4. The Morgan fingerprint density at radius 2 is 1.66 bits per heavy atom. The fourth-order valence-electron chi connectivity index (χ4n) is 11.2. The Kier molecular flexibility index (Phi) is 14.2. The van der Waals surface area contributed by atoms with Gasteiger partial charge in [0.1, 0.15) is 11.1 Å². The maximum atomic E-state index is 16.0. The third-order valence-corrected chi connectivity index (χ3v) is 15.6. The molecule has 71 heavy (non-hydrogen) atoms. The number of ether oxygens (including phenoxy) is 2. The molecule has 2 aromatic heterocycles. The smallest absolute Gasteiger partial charge is 0.293 e. The van der Waals surface area contributed by atoms with Crippen LogP contribution in [0.2, 0.25) is 5.02 Å². The highest BCUT2D eigenvalue weighted by Gasteiger charge is 2.42. The summed E-state index contributed by atoms with van der Waals surface area (Å²) < 4.78 is 29.9. The van der Waals surface area contributed by atoms with Gasteiger partial charge in [-0.2, -0.15) is 4.98 Å². The summed E-state index contributed by atoms with van der Waals surface area (Å²) in [7, 11) is 1.52. The molecule has 1 unspecified atom stereocenters. The number of hydrogen-bond donors (Lipinski definition) is 3. The minimum absolute atomic E-state index is 0.0344. The molecule has 0 spiro atoms. The van der Waals surface area contributed by atoms with E-state index in [2.05, 4.69) is 40.5 Å². The van der Waals surface area contributed by atoms with E-state index in [1.165, 1.54) is 11.9 Å². The highest BCUT2D eigenvalue weighted by atomic mass is 35.5. The van der Waals surface area contributed by atoms with E-state index in [4.69, 9.17) is 26.1 Å². The molecule has 18 nitrogen and oxygen atoms in total. The van der Waals surface area contributed by atoms with Crippen LogP contribution >= 0.6 is 11.6 Å². The monoisotopic (exact) mass is 995 g/mol. The summed E-state index contributed by atoms with van der Waals surface area (Å²) in [6.45, 7) is 11.9. The molecular weight excluding hydrogens is 933 g/mol. The number of pyridine rings is 1. The summed E-state index contributed by atoms with van der Waals surface area (Å²) in [5.74, 6) is -0.211. The lowest BCUT2D eigenvalue weighted by Gasteiger charge is -2.48. The van der Waals surface area contributed by atoms with E-state index in [1.54, 1.807) is 29.0 Å². The average Bonchev–Trinajstić information content (AvgIpc) is 3.69. The number of hydrogen-bond acceptors (Lipinski definition) is 14. The van der Waals surface area contributed by atoms with Gasteiger partial charge < -0.3 is 44.3 Å². The van der Waals surface area contributed by atoms with Gasteiger partial charge in [-0.15, -0.1) is 0 Å². The molecule has 10 rings (SSSR count). The van der Waals surface area contributed by atoms with Crippen molar-refractivity contribution in [1.82, 2.24) is 39.9 Å². The number of anilines is 4. The van der Waals surface area contributed by atoms with E-state index in [9.17, 15) is 24.0 Å². The number of carbonyl (C=O) groups is 4. The van der Waals surface area contributed by atoms with Gasteiger partial charge in [-0.05, 0) is 101 Å². The second kappa shape index (κ2) is 20.7. The lowest BCUT2D eigenvalue weighted by molar-refractivity contribution is -0.137. The second-order valence-electron chi connectivity index (χ2n) is 20.2. The maximum absolute atomic E-state index is 16.0. The zero-order valence-corrected chi connectivity index (χ0v) is 41.4. The topological polar surface area (TPSA) is 187 Å². The zero-order valence-electron chi connectivity index (χ0n) is 40.6. The fraction of sp³-hybridized carbons (Fsp3) is 0.549. The maximum Gasteiger partial charge on any atom is 0.293 e. The van der Waals surface area contributed by atoms with E-state index in [1.807, 2.05) is 32.0 Å². The van der Waals surface area contributed by atoms with Gasteiger partial charge in [-0.3, -0.25) is 34.2 Å². The van der Waals surface area contributed by atoms with Crippen molar-refractivity contribution in [2.75, 3.05) is 87.7 Å². The lowest BCUT2D eigenvalue weighted by atomic mass is 9.87. The van der Waals surface area contributed by atoms with Gasteiger partial charge in [0.05, 0.1) is 36.2 Å². The Balaban J connectivity index is 0.644. The minimum atomic E-state index is -0.766. The van der Waals surface area contributed by atoms with Crippen LogP contribution in [-0.2, 0) is 25.7 Å². The zero-order chi connectivity index (χ0) is 49.5. The first-order chi connectivity index (χ1) is 34.3. The van der Waals surface area contributed by atoms with Gasteiger partial charge in [0.25, 0.3) is 17.4 Å². The molecule has 5 fully saturated rings. The van der Waals surface area contributed by atoms with Crippen molar-refractivity contribution in [2.45, 2.75) is 102 Å². The summed E-state index contributed by atoms with van der Waals surface area (Å²) in [4.78, 5) is 82.7. The molecule has 5 aliphatic heterocycles. The highest BCUT2D eigenvalue weighted by Crippen LogP contribution is 2.37. The molecule has 7 heterocycles. The number of fused-ring (bicyclic) bond motifs is 2. The molecule has 2 aromatic carbocycles. The van der Waals surface area contributed by atoms with Crippen molar-refractivity contribution >= 4 is 69.3 Å². The van der Waals surface area contributed by atoms with E-state index < -0.39 is 11.9 Å². The summed E-state index contributed by atoms with van der Waals surface area (Å²) in [5, 5.41) is 9.30. The van der Waals surface area contributed by atoms with Crippen LogP contribution in [0.4, 0.5) is 27.5 Å². The summed E-state index contributed by atoms with van der Waals surface area (Å²) in [5.41, 5.74) is 2.31. The second-order valence-corrected chi connectivity index (χ2v) is 20.6. The molecule has 4 amide bonds. The van der Waals surface area contributed by atoms with E-state index >= 15 is 4.39 Å². The molecule has 3 N–H and O–H groups in total. The van der Waals surface area contributed by atoms with E-state index in [0.717, 1.165) is 114 Å². The molecule has 20 heteroatoms. The van der Waals surface area contributed by atoms with Crippen molar-refractivity contribution in [2.24, 2.45) is 5.92 Å². The number of halogens is 2. The number of imide groups is 1. The average molecular weight is 997 g/mol. The highest BCUT2D eigenvalue weighted by molar-refractivity contribution is 6.33. The molecule has 0 bridgehead atoms. The number of rotatable bonds is 14. The van der Waals surface area contributed by atoms with Crippen LogP contribution in [0.5, 0.6) is 5.75 Å². The summed E-state index contributed by atoms with van der Waals surface area (Å²) >= 11 is 6.62. The number of piperidine rings is 3. The normalized spacial score (nSPS) is 22.8. The summed E-state index contributed by atoms with van der Waals surface area (Å²) in [6, 6.07) is 10.4. The van der Waals surface area contributed by atoms with E-state index in [0.29, 0.717) is 45.6 Å². The minimum Gasteiger partial charge on any atom is -0.478 e. The van der Waals surface area contributed by atoms with Crippen LogP contribution in [0, 0.1) is 11.7 Å². The van der Waals surface area contributed by atoms with Crippen LogP contribution in [0.15, 0.2) is 47.4 Å². The van der Waals surface area contributed by atoms with Crippen LogP contribution in [0.25, 0.3) is 10.9 Å². The first kappa shape index (κ1) is 48.7. The lowest BCUT2D eigenvalue weighted by Crippen LogP contribution is -2.56. The van der Waals surface area contributed by atoms with Crippen molar-refractivity contribution < 1.29 is 33.0 Å².